The summed E-state index contributed by atoms with van der Waals surface area (Å²) >= 11 is 0. The van der Waals surface area contributed by atoms with E-state index in [4.69, 9.17) is 10.5 Å². The second-order valence-corrected chi connectivity index (χ2v) is 8.68. The molecule has 194 valence electrons. The number of hydrogen-bond donors (Lipinski definition) is 2. The summed E-state index contributed by atoms with van der Waals surface area (Å²) in [5.74, 6) is 0.784. The Balaban J connectivity index is 1.46. The smallest absolute Gasteiger partial charge is 0.355 e. The highest BCUT2D eigenvalue weighted by Crippen LogP contribution is 2.17. The number of anilines is 2. The van der Waals surface area contributed by atoms with Gasteiger partial charge in [0.1, 0.15) is 11.6 Å². The van der Waals surface area contributed by atoms with Gasteiger partial charge in [-0.05, 0) is 47.5 Å². The summed E-state index contributed by atoms with van der Waals surface area (Å²) in [5, 5.41) is 3.13. The third kappa shape index (κ3) is 5.12. The molecule has 0 aliphatic rings. The van der Waals surface area contributed by atoms with Gasteiger partial charge in [-0.2, -0.15) is 4.98 Å². The minimum absolute atomic E-state index is 0.0363. The van der Waals surface area contributed by atoms with Gasteiger partial charge in [-0.3, -0.25) is 4.57 Å². The molecule has 3 N–H and O–H groups in total. The zero-order chi connectivity index (χ0) is 26.6. The first-order chi connectivity index (χ1) is 18.4. The van der Waals surface area contributed by atoms with Gasteiger partial charge in [-0.25, -0.2) is 23.5 Å². The Morgan fingerprint density at radius 1 is 0.868 bits per heavy atom. The second kappa shape index (κ2) is 10.6. The van der Waals surface area contributed by atoms with Crippen LogP contribution >= 0.6 is 0 Å². The van der Waals surface area contributed by atoms with E-state index in [0.29, 0.717) is 30.4 Å². The lowest BCUT2D eigenvalue weighted by Crippen LogP contribution is -2.43. The molecule has 0 fully saturated rings. The molecule has 2 heterocycles. The number of nitrogens with two attached hydrogens (primary N) is 1. The van der Waals surface area contributed by atoms with Crippen LogP contribution in [0.1, 0.15) is 11.1 Å². The van der Waals surface area contributed by atoms with E-state index in [-0.39, 0.29) is 19.0 Å². The van der Waals surface area contributed by atoms with Gasteiger partial charge in [-0.15, -0.1) is 0 Å². The normalized spacial score (nSPS) is 11.1. The zero-order valence-corrected chi connectivity index (χ0v) is 20.7. The predicted octanol–water partition coefficient (Wildman–Crippen LogP) is 2.69. The van der Waals surface area contributed by atoms with Crippen LogP contribution in [0.25, 0.3) is 11.0 Å². The SMILES string of the molecule is COc1ccc(Cn2c(NCCn3c(N)nc4ccccc43)nc(=O)n(Cc3ccc(F)cc3)c2=O)cc1. The second-order valence-electron chi connectivity index (χ2n) is 8.68. The number of fused-ring (bicyclic) bond motifs is 1. The highest BCUT2D eigenvalue weighted by Gasteiger charge is 2.15. The van der Waals surface area contributed by atoms with E-state index in [2.05, 4.69) is 15.3 Å². The Bertz CT molecular complexity index is 1690. The topological polar surface area (TPSA) is 122 Å². The number of rotatable bonds is 9. The maximum absolute atomic E-state index is 13.5. The highest BCUT2D eigenvalue weighted by atomic mass is 19.1. The molecule has 3 aromatic carbocycles. The molecule has 0 aliphatic heterocycles. The van der Waals surface area contributed by atoms with E-state index in [9.17, 15) is 14.0 Å². The zero-order valence-electron chi connectivity index (χ0n) is 20.7. The molecule has 2 aromatic heterocycles. The first-order valence-corrected chi connectivity index (χ1v) is 12.0. The van der Waals surface area contributed by atoms with Crippen LogP contribution in [0.15, 0.2) is 82.4 Å². The molecule has 38 heavy (non-hydrogen) atoms. The van der Waals surface area contributed by atoms with Crippen molar-refractivity contribution in [2.45, 2.75) is 19.6 Å². The molecule has 0 saturated carbocycles. The van der Waals surface area contributed by atoms with Crippen molar-refractivity contribution in [1.82, 2.24) is 23.7 Å². The lowest BCUT2D eigenvalue weighted by molar-refractivity contribution is 0.414. The van der Waals surface area contributed by atoms with Gasteiger partial charge in [0.2, 0.25) is 11.9 Å². The summed E-state index contributed by atoms with van der Waals surface area (Å²) in [5.41, 5.74) is 7.93. The van der Waals surface area contributed by atoms with Crippen molar-refractivity contribution in [2.75, 3.05) is 24.7 Å². The molecule has 0 spiro atoms. The van der Waals surface area contributed by atoms with Gasteiger partial charge in [0.05, 0.1) is 31.2 Å². The number of methoxy groups -OCH3 is 1. The minimum Gasteiger partial charge on any atom is -0.497 e. The molecule has 5 aromatic rings. The van der Waals surface area contributed by atoms with Crippen molar-refractivity contribution in [2.24, 2.45) is 0 Å². The van der Waals surface area contributed by atoms with E-state index in [0.717, 1.165) is 21.2 Å². The first kappa shape index (κ1) is 24.8. The first-order valence-electron chi connectivity index (χ1n) is 12.0. The average molecular weight is 516 g/mol. The molecule has 0 atom stereocenters. The molecule has 0 unspecified atom stereocenters. The van der Waals surface area contributed by atoms with Crippen molar-refractivity contribution in [3.63, 3.8) is 0 Å². The van der Waals surface area contributed by atoms with Crippen LogP contribution < -0.4 is 27.2 Å². The van der Waals surface area contributed by atoms with Gasteiger partial charge in [0, 0.05) is 13.1 Å². The molecular formula is C27H26FN7O3. The number of nitrogen functional groups attached to an aromatic ring is 1. The average Bonchev–Trinajstić information content (AvgIpc) is 3.25. The lowest BCUT2D eigenvalue weighted by Gasteiger charge is -2.16. The third-order valence-electron chi connectivity index (χ3n) is 6.21. The Hall–Kier alpha value is -4.93. The van der Waals surface area contributed by atoms with Crippen molar-refractivity contribution in [1.29, 1.82) is 0 Å². The number of nitrogens with one attached hydrogen (secondary N) is 1. The molecule has 0 bridgehead atoms. The molecule has 5 rings (SSSR count). The third-order valence-corrected chi connectivity index (χ3v) is 6.21. The quantitative estimate of drug-likeness (QED) is 0.310. The number of para-hydroxylation sites is 2. The summed E-state index contributed by atoms with van der Waals surface area (Å²) < 4.78 is 22.9. The highest BCUT2D eigenvalue weighted by molar-refractivity contribution is 5.78. The van der Waals surface area contributed by atoms with Crippen LogP contribution in [0.4, 0.5) is 16.3 Å². The van der Waals surface area contributed by atoms with Gasteiger partial charge in [0.15, 0.2) is 0 Å². The molecule has 10 nitrogen and oxygen atoms in total. The molecular weight excluding hydrogens is 489 g/mol. The van der Waals surface area contributed by atoms with E-state index in [1.165, 1.54) is 28.8 Å². The fourth-order valence-corrected chi connectivity index (χ4v) is 4.24. The summed E-state index contributed by atoms with van der Waals surface area (Å²) in [6, 6.07) is 20.5. The molecule has 0 radical (unpaired) electrons. The van der Waals surface area contributed by atoms with Gasteiger partial charge < -0.3 is 20.4 Å². The van der Waals surface area contributed by atoms with Crippen LogP contribution in [0, 0.1) is 5.82 Å². The molecule has 0 saturated heterocycles. The summed E-state index contributed by atoms with van der Waals surface area (Å²) in [6.45, 7) is 0.897. The maximum atomic E-state index is 13.5. The number of halogens is 1. The van der Waals surface area contributed by atoms with Crippen molar-refractivity contribution in [3.05, 3.63) is 111 Å². The maximum Gasteiger partial charge on any atom is 0.355 e. The Kier molecular flexibility index (Phi) is 6.90. The predicted molar refractivity (Wildman–Crippen MR) is 143 cm³/mol. The van der Waals surface area contributed by atoms with Crippen LogP contribution in [-0.4, -0.2) is 37.3 Å². The summed E-state index contributed by atoms with van der Waals surface area (Å²) in [4.78, 5) is 35.0. The van der Waals surface area contributed by atoms with E-state index >= 15 is 0 Å². The van der Waals surface area contributed by atoms with Crippen molar-refractivity contribution >= 4 is 22.9 Å². The largest absolute Gasteiger partial charge is 0.497 e. The van der Waals surface area contributed by atoms with E-state index in [1.807, 2.05) is 41.0 Å². The van der Waals surface area contributed by atoms with Crippen LogP contribution in [-0.2, 0) is 19.6 Å². The Morgan fingerprint density at radius 2 is 1.53 bits per heavy atom. The van der Waals surface area contributed by atoms with E-state index < -0.39 is 17.2 Å². The van der Waals surface area contributed by atoms with Gasteiger partial charge >= 0.3 is 11.4 Å². The summed E-state index contributed by atoms with van der Waals surface area (Å²) in [7, 11) is 1.58. The molecule has 0 amide bonds. The number of nitrogens with zero attached hydrogens (tertiary/aromatic N) is 5. The van der Waals surface area contributed by atoms with Crippen LogP contribution in [0.5, 0.6) is 5.75 Å². The van der Waals surface area contributed by atoms with Crippen LogP contribution in [0.2, 0.25) is 0 Å². The van der Waals surface area contributed by atoms with E-state index in [1.54, 1.807) is 19.2 Å². The van der Waals surface area contributed by atoms with Gasteiger partial charge in [0.25, 0.3) is 0 Å². The molecule has 0 aliphatic carbocycles. The Labute approximate surface area is 216 Å². The number of benzene rings is 3. The van der Waals surface area contributed by atoms with Crippen molar-refractivity contribution < 1.29 is 9.13 Å². The number of hydrogen-bond acceptors (Lipinski definition) is 7. The minimum atomic E-state index is -0.708. The Morgan fingerprint density at radius 3 is 2.24 bits per heavy atom. The lowest BCUT2D eigenvalue weighted by atomic mass is 10.2. The molecule has 11 heteroatoms. The fraction of sp³-hybridized carbons (Fsp3) is 0.185. The monoisotopic (exact) mass is 515 g/mol. The number of ether oxygens (including phenoxy) is 1. The number of imidazole rings is 1. The van der Waals surface area contributed by atoms with Crippen LogP contribution in [0.3, 0.4) is 0 Å². The number of aromatic nitrogens is 5. The standard InChI is InChI=1S/C27H26FN7O3/c1-38-21-12-8-19(9-13-21)16-34-25(30-14-15-33-23-5-3-2-4-22(23)31-24(33)29)32-26(36)35(27(34)37)17-18-6-10-20(28)11-7-18/h2-13H,14-17H2,1H3,(H2,29,31)(H,30,32,36). The fourth-order valence-electron chi connectivity index (χ4n) is 4.24. The summed E-state index contributed by atoms with van der Waals surface area (Å²) in [6.07, 6.45) is 0. The van der Waals surface area contributed by atoms with Crippen molar-refractivity contribution in [3.8, 4) is 5.75 Å². The van der Waals surface area contributed by atoms with Gasteiger partial charge in [-0.1, -0.05) is 36.4 Å².